The van der Waals surface area contributed by atoms with Gasteiger partial charge in [-0.15, -0.1) is 0 Å². The largest absolute Gasteiger partial charge is 0.217 e. The van der Waals surface area contributed by atoms with Gasteiger partial charge in [-0.2, -0.15) is 4.31 Å². The monoisotopic (exact) mass is 339 g/mol. The average molecular weight is 340 g/mol. The van der Waals surface area contributed by atoms with Crippen molar-refractivity contribution in [1.82, 2.24) is 4.31 Å². The van der Waals surface area contributed by atoms with Crippen molar-refractivity contribution in [3.8, 4) is 0 Å². The minimum atomic E-state index is -3.11. The Bertz CT molecular complexity index is 322. The van der Waals surface area contributed by atoms with E-state index in [-0.39, 0.29) is 11.3 Å². The van der Waals surface area contributed by atoms with Crippen LogP contribution in [-0.4, -0.2) is 35.9 Å². The Morgan fingerprint density at radius 3 is 2.17 bits per heavy atom. The summed E-state index contributed by atoms with van der Waals surface area (Å²) in [6.07, 6.45) is 6.81. The fourth-order valence-corrected chi connectivity index (χ4v) is 5.84. The maximum absolute atomic E-state index is 12.7. The molecule has 0 saturated heterocycles. The van der Waals surface area contributed by atoms with Crippen LogP contribution in [0.15, 0.2) is 0 Å². The Morgan fingerprint density at radius 1 is 1.17 bits per heavy atom. The highest BCUT2D eigenvalue weighted by Gasteiger charge is 2.35. The van der Waals surface area contributed by atoms with Gasteiger partial charge in [0.2, 0.25) is 10.0 Å². The average Bonchev–Trinajstić information content (AvgIpc) is 2.40. The summed E-state index contributed by atoms with van der Waals surface area (Å²) in [5, 5.41) is 0.584. The fourth-order valence-electron chi connectivity index (χ4n) is 2.85. The smallest absolute Gasteiger partial charge is 0.212 e. The summed E-state index contributed by atoms with van der Waals surface area (Å²) in [6, 6.07) is 0.162. The summed E-state index contributed by atoms with van der Waals surface area (Å²) in [5.41, 5.74) is 0. The highest BCUT2D eigenvalue weighted by atomic mass is 79.9. The summed E-state index contributed by atoms with van der Waals surface area (Å²) < 4.78 is 27.2. The first kappa shape index (κ1) is 16.4. The number of alkyl halides is 1. The van der Waals surface area contributed by atoms with Crippen molar-refractivity contribution >= 4 is 26.0 Å². The summed E-state index contributed by atoms with van der Waals surface area (Å²) in [4.78, 5) is 0. The number of rotatable bonds is 7. The number of nitrogens with zero attached hydrogens (tertiary/aromatic N) is 1. The predicted molar refractivity (Wildman–Crippen MR) is 80.7 cm³/mol. The first-order valence-corrected chi connectivity index (χ1v) is 9.77. The van der Waals surface area contributed by atoms with E-state index in [0.717, 1.165) is 43.9 Å². The molecular formula is C13H26BrNO2S. The number of hydrogen-bond acceptors (Lipinski definition) is 2. The number of hydrogen-bond donors (Lipinski definition) is 0. The molecular weight excluding hydrogens is 314 g/mol. The van der Waals surface area contributed by atoms with Gasteiger partial charge in [0.1, 0.15) is 0 Å². The fraction of sp³-hybridized carbons (Fsp3) is 1.00. The van der Waals surface area contributed by atoms with Gasteiger partial charge in [-0.05, 0) is 25.7 Å². The molecule has 0 aromatic heterocycles. The van der Waals surface area contributed by atoms with Crippen molar-refractivity contribution in [1.29, 1.82) is 0 Å². The van der Waals surface area contributed by atoms with E-state index in [1.807, 2.05) is 0 Å². The van der Waals surface area contributed by atoms with E-state index in [1.54, 1.807) is 4.31 Å². The Labute approximate surface area is 121 Å². The zero-order valence-corrected chi connectivity index (χ0v) is 14.0. The Balaban J connectivity index is 2.87. The molecule has 0 heterocycles. The van der Waals surface area contributed by atoms with Crippen molar-refractivity contribution in [2.45, 2.75) is 70.1 Å². The Hall–Kier alpha value is 0.390. The lowest BCUT2D eigenvalue weighted by atomic mass is 10.0. The quantitative estimate of drug-likeness (QED) is 0.665. The van der Waals surface area contributed by atoms with Crippen molar-refractivity contribution in [2.75, 3.05) is 11.9 Å². The van der Waals surface area contributed by atoms with Crippen LogP contribution in [0.4, 0.5) is 0 Å². The maximum Gasteiger partial charge on any atom is 0.217 e. The third-order valence-electron chi connectivity index (χ3n) is 3.95. The van der Waals surface area contributed by atoms with E-state index >= 15 is 0 Å². The van der Waals surface area contributed by atoms with Crippen LogP contribution in [0, 0.1) is 0 Å². The lowest BCUT2D eigenvalue weighted by Crippen LogP contribution is -2.46. The molecule has 0 amide bonds. The SMILES string of the molecule is CCC(CC)N(CCBr)S(=O)(=O)C1CCCCC1. The molecule has 1 saturated carbocycles. The van der Waals surface area contributed by atoms with Gasteiger partial charge in [0.05, 0.1) is 5.25 Å². The van der Waals surface area contributed by atoms with Crippen LogP contribution < -0.4 is 0 Å². The third kappa shape index (κ3) is 3.94. The normalized spacial score (nSPS) is 18.7. The Kier molecular flexibility index (Phi) is 7.17. The summed E-state index contributed by atoms with van der Waals surface area (Å²) in [5.74, 6) is 0. The van der Waals surface area contributed by atoms with Gasteiger partial charge in [-0.1, -0.05) is 49.0 Å². The predicted octanol–water partition coefficient (Wildman–Crippen LogP) is 3.53. The molecule has 0 aromatic rings. The first-order valence-electron chi connectivity index (χ1n) is 7.14. The second-order valence-corrected chi connectivity index (χ2v) is 8.03. The molecule has 1 aliphatic rings. The highest BCUT2D eigenvalue weighted by molar-refractivity contribution is 9.09. The van der Waals surface area contributed by atoms with Crippen molar-refractivity contribution < 1.29 is 8.42 Å². The molecule has 0 spiro atoms. The standard InChI is InChI=1S/C13H26BrNO2S/c1-3-12(4-2)15(11-10-14)18(16,17)13-8-6-5-7-9-13/h12-13H,3-11H2,1-2H3. The van der Waals surface area contributed by atoms with Gasteiger partial charge < -0.3 is 0 Å². The van der Waals surface area contributed by atoms with Crippen LogP contribution in [-0.2, 0) is 10.0 Å². The van der Waals surface area contributed by atoms with Gasteiger partial charge in [0.25, 0.3) is 0 Å². The molecule has 1 rings (SSSR count). The third-order valence-corrected chi connectivity index (χ3v) is 6.76. The zero-order chi connectivity index (χ0) is 13.6. The van der Waals surface area contributed by atoms with Crippen molar-refractivity contribution in [2.24, 2.45) is 0 Å². The number of halogens is 1. The molecule has 108 valence electrons. The Morgan fingerprint density at radius 2 is 1.72 bits per heavy atom. The van der Waals surface area contributed by atoms with Crippen LogP contribution in [0.5, 0.6) is 0 Å². The topological polar surface area (TPSA) is 37.4 Å². The lowest BCUT2D eigenvalue weighted by molar-refractivity contribution is 0.308. The lowest BCUT2D eigenvalue weighted by Gasteiger charge is -2.34. The second-order valence-electron chi connectivity index (χ2n) is 5.07. The minimum Gasteiger partial charge on any atom is -0.212 e. The number of sulfonamides is 1. The molecule has 1 aliphatic carbocycles. The summed E-state index contributed by atoms with van der Waals surface area (Å²) in [7, 11) is -3.11. The molecule has 3 nitrogen and oxygen atoms in total. The van der Waals surface area contributed by atoms with Gasteiger partial charge in [-0.25, -0.2) is 8.42 Å². The molecule has 0 radical (unpaired) electrons. The van der Waals surface area contributed by atoms with Gasteiger partial charge in [0.15, 0.2) is 0 Å². The molecule has 0 atom stereocenters. The van der Waals surface area contributed by atoms with Crippen LogP contribution in [0.3, 0.4) is 0 Å². The van der Waals surface area contributed by atoms with Crippen LogP contribution in [0.1, 0.15) is 58.8 Å². The van der Waals surface area contributed by atoms with E-state index < -0.39 is 10.0 Å². The van der Waals surface area contributed by atoms with Gasteiger partial charge in [0, 0.05) is 17.9 Å². The van der Waals surface area contributed by atoms with Gasteiger partial charge >= 0.3 is 0 Å². The van der Waals surface area contributed by atoms with E-state index in [0.29, 0.717) is 6.54 Å². The first-order chi connectivity index (χ1) is 8.57. The minimum absolute atomic E-state index is 0.133. The van der Waals surface area contributed by atoms with E-state index in [1.165, 1.54) is 6.42 Å². The molecule has 5 heteroatoms. The molecule has 1 fully saturated rings. The van der Waals surface area contributed by atoms with Crippen LogP contribution in [0.2, 0.25) is 0 Å². The van der Waals surface area contributed by atoms with Crippen molar-refractivity contribution in [3.63, 3.8) is 0 Å². The molecule has 0 bridgehead atoms. The zero-order valence-electron chi connectivity index (χ0n) is 11.6. The molecule has 18 heavy (non-hydrogen) atoms. The maximum atomic E-state index is 12.7. The molecule has 0 N–H and O–H groups in total. The highest BCUT2D eigenvalue weighted by Crippen LogP contribution is 2.28. The van der Waals surface area contributed by atoms with E-state index in [2.05, 4.69) is 29.8 Å². The summed E-state index contributed by atoms with van der Waals surface area (Å²) >= 11 is 3.39. The van der Waals surface area contributed by atoms with Gasteiger partial charge in [-0.3, -0.25) is 0 Å². The van der Waals surface area contributed by atoms with Crippen LogP contribution in [0.25, 0.3) is 0 Å². The molecule has 0 unspecified atom stereocenters. The van der Waals surface area contributed by atoms with Crippen molar-refractivity contribution in [3.05, 3.63) is 0 Å². The molecule has 0 aliphatic heterocycles. The van der Waals surface area contributed by atoms with E-state index in [4.69, 9.17) is 0 Å². The second kappa shape index (κ2) is 7.85. The summed E-state index contributed by atoms with van der Waals surface area (Å²) in [6.45, 7) is 4.75. The molecule has 0 aromatic carbocycles. The van der Waals surface area contributed by atoms with E-state index in [9.17, 15) is 8.42 Å². The van der Waals surface area contributed by atoms with Crippen LogP contribution >= 0.6 is 15.9 Å².